The Morgan fingerprint density at radius 1 is 1.27 bits per heavy atom. The summed E-state index contributed by atoms with van der Waals surface area (Å²) in [6, 6.07) is 5.50. The molecule has 1 aromatic heterocycles. The standard InChI is InChI=1S/C11H12N2O.ClH/c14-7-1-2-10-9(5-7)8-3-4-12-6-11(8)13-10;/h1-2,5,12-14H,3-4,6H2;1H. The van der Waals surface area contributed by atoms with Gasteiger partial charge < -0.3 is 15.4 Å². The number of aromatic hydroxyl groups is 1. The van der Waals surface area contributed by atoms with E-state index in [-0.39, 0.29) is 12.4 Å². The molecule has 3 nitrogen and oxygen atoms in total. The summed E-state index contributed by atoms with van der Waals surface area (Å²) in [6.45, 7) is 1.93. The van der Waals surface area contributed by atoms with Crippen molar-refractivity contribution in [3.63, 3.8) is 0 Å². The van der Waals surface area contributed by atoms with Crippen molar-refractivity contribution in [2.45, 2.75) is 13.0 Å². The van der Waals surface area contributed by atoms with Crippen LogP contribution in [0.4, 0.5) is 0 Å². The van der Waals surface area contributed by atoms with Gasteiger partial charge in [0.1, 0.15) is 5.75 Å². The number of aromatic nitrogens is 1. The number of hydrogen-bond donors (Lipinski definition) is 3. The molecule has 0 amide bonds. The number of hydrogen-bond acceptors (Lipinski definition) is 2. The van der Waals surface area contributed by atoms with Crippen molar-refractivity contribution in [1.82, 2.24) is 10.3 Å². The van der Waals surface area contributed by atoms with Gasteiger partial charge in [0, 0.05) is 23.1 Å². The van der Waals surface area contributed by atoms with E-state index < -0.39 is 0 Å². The Morgan fingerprint density at radius 3 is 3.00 bits per heavy atom. The molecule has 0 fully saturated rings. The summed E-state index contributed by atoms with van der Waals surface area (Å²) in [5, 5.41) is 13.9. The lowest BCUT2D eigenvalue weighted by molar-refractivity contribution is 0.476. The largest absolute Gasteiger partial charge is 0.508 e. The Balaban J connectivity index is 0.000000853. The number of phenols is 1. The summed E-state index contributed by atoms with van der Waals surface area (Å²) in [7, 11) is 0. The van der Waals surface area contributed by atoms with E-state index in [4.69, 9.17) is 0 Å². The van der Waals surface area contributed by atoms with Gasteiger partial charge in [-0.1, -0.05) is 0 Å². The third-order valence-corrected chi connectivity index (χ3v) is 2.83. The molecule has 4 heteroatoms. The van der Waals surface area contributed by atoms with Crippen LogP contribution in [-0.2, 0) is 13.0 Å². The molecule has 0 saturated heterocycles. The average molecular weight is 225 g/mol. The van der Waals surface area contributed by atoms with Crippen molar-refractivity contribution in [3.8, 4) is 5.75 Å². The quantitative estimate of drug-likeness (QED) is 0.641. The number of nitrogens with one attached hydrogen (secondary N) is 2. The summed E-state index contributed by atoms with van der Waals surface area (Å²) in [4.78, 5) is 3.37. The van der Waals surface area contributed by atoms with E-state index >= 15 is 0 Å². The third-order valence-electron chi connectivity index (χ3n) is 2.83. The normalized spacial score (nSPS) is 14.7. The van der Waals surface area contributed by atoms with E-state index in [0.29, 0.717) is 5.75 Å². The van der Waals surface area contributed by atoms with Crippen molar-refractivity contribution < 1.29 is 5.11 Å². The van der Waals surface area contributed by atoms with Gasteiger partial charge in [-0.15, -0.1) is 12.4 Å². The highest BCUT2D eigenvalue weighted by molar-refractivity contribution is 5.86. The zero-order valence-corrected chi connectivity index (χ0v) is 9.03. The molecule has 0 saturated carbocycles. The number of H-pyrrole nitrogens is 1. The van der Waals surface area contributed by atoms with Gasteiger partial charge in [-0.3, -0.25) is 0 Å². The first-order valence-electron chi connectivity index (χ1n) is 4.88. The van der Waals surface area contributed by atoms with Crippen molar-refractivity contribution in [1.29, 1.82) is 0 Å². The molecule has 3 rings (SSSR count). The maximum absolute atomic E-state index is 9.42. The Kier molecular flexibility index (Phi) is 2.59. The summed E-state index contributed by atoms with van der Waals surface area (Å²) in [5.74, 6) is 0.345. The second-order valence-electron chi connectivity index (χ2n) is 3.74. The molecule has 0 spiro atoms. The van der Waals surface area contributed by atoms with Crippen LogP contribution in [0.5, 0.6) is 5.75 Å². The second-order valence-corrected chi connectivity index (χ2v) is 3.74. The van der Waals surface area contributed by atoms with Gasteiger partial charge in [0.15, 0.2) is 0 Å². The fourth-order valence-electron chi connectivity index (χ4n) is 2.15. The fraction of sp³-hybridized carbons (Fsp3) is 0.273. The predicted molar refractivity (Wildman–Crippen MR) is 62.6 cm³/mol. The molecule has 2 aromatic rings. The summed E-state index contributed by atoms with van der Waals surface area (Å²) < 4.78 is 0. The smallest absolute Gasteiger partial charge is 0.116 e. The maximum atomic E-state index is 9.42. The third kappa shape index (κ3) is 1.58. The molecular weight excluding hydrogens is 212 g/mol. The Morgan fingerprint density at radius 2 is 2.13 bits per heavy atom. The average Bonchev–Trinajstić information content (AvgIpc) is 2.56. The van der Waals surface area contributed by atoms with Crippen LogP contribution in [-0.4, -0.2) is 16.6 Å². The van der Waals surface area contributed by atoms with Crippen LogP contribution in [0.3, 0.4) is 0 Å². The van der Waals surface area contributed by atoms with Gasteiger partial charge in [0.05, 0.1) is 0 Å². The highest BCUT2D eigenvalue weighted by Crippen LogP contribution is 2.27. The van der Waals surface area contributed by atoms with Crippen LogP contribution in [0.15, 0.2) is 18.2 Å². The zero-order chi connectivity index (χ0) is 9.54. The van der Waals surface area contributed by atoms with Crippen LogP contribution in [0.2, 0.25) is 0 Å². The van der Waals surface area contributed by atoms with Crippen molar-refractivity contribution in [2.75, 3.05) is 6.54 Å². The Bertz CT molecular complexity index is 493. The second kappa shape index (κ2) is 3.76. The van der Waals surface area contributed by atoms with Crippen molar-refractivity contribution >= 4 is 23.3 Å². The number of benzene rings is 1. The van der Waals surface area contributed by atoms with Crippen LogP contribution >= 0.6 is 12.4 Å². The number of aromatic amines is 1. The molecule has 80 valence electrons. The molecule has 3 N–H and O–H groups in total. The highest BCUT2D eigenvalue weighted by Gasteiger charge is 2.14. The lowest BCUT2D eigenvalue weighted by atomic mass is 10.0. The summed E-state index contributed by atoms with van der Waals surface area (Å²) in [6.07, 6.45) is 1.04. The molecule has 0 bridgehead atoms. The van der Waals surface area contributed by atoms with Crippen LogP contribution in [0.25, 0.3) is 10.9 Å². The predicted octanol–water partition coefficient (Wildman–Crippen LogP) is 1.94. The van der Waals surface area contributed by atoms with E-state index in [1.807, 2.05) is 12.1 Å². The molecule has 1 aliphatic heterocycles. The summed E-state index contributed by atoms with van der Waals surface area (Å²) >= 11 is 0. The number of fused-ring (bicyclic) bond motifs is 3. The first kappa shape index (κ1) is 10.3. The van der Waals surface area contributed by atoms with Crippen LogP contribution < -0.4 is 5.32 Å². The lowest BCUT2D eigenvalue weighted by Crippen LogP contribution is -2.22. The van der Waals surface area contributed by atoms with Gasteiger partial charge >= 0.3 is 0 Å². The number of phenolic OH excluding ortho intramolecular Hbond substituents is 1. The Hall–Kier alpha value is -1.19. The molecule has 2 heterocycles. The molecular formula is C11H13ClN2O. The van der Waals surface area contributed by atoms with E-state index in [9.17, 15) is 5.11 Å². The number of rotatable bonds is 0. The highest BCUT2D eigenvalue weighted by atomic mass is 35.5. The van der Waals surface area contributed by atoms with Crippen LogP contribution in [0.1, 0.15) is 11.3 Å². The minimum Gasteiger partial charge on any atom is -0.508 e. The summed E-state index contributed by atoms with van der Waals surface area (Å²) in [5.41, 5.74) is 3.74. The maximum Gasteiger partial charge on any atom is 0.116 e. The van der Waals surface area contributed by atoms with Crippen molar-refractivity contribution in [3.05, 3.63) is 29.5 Å². The fourth-order valence-corrected chi connectivity index (χ4v) is 2.15. The van der Waals surface area contributed by atoms with Gasteiger partial charge in [-0.05, 0) is 36.7 Å². The molecule has 0 radical (unpaired) electrons. The molecule has 1 aliphatic rings. The van der Waals surface area contributed by atoms with Crippen molar-refractivity contribution in [2.24, 2.45) is 0 Å². The van der Waals surface area contributed by atoms with E-state index in [2.05, 4.69) is 10.3 Å². The zero-order valence-electron chi connectivity index (χ0n) is 8.21. The van der Waals surface area contributed by atoms with Gasteiger partial charge in [-0.2, -0.15) is 0 Å². The number of halogens is 1. The van der Waals surface area contributed by atoms with E-state index in [1.54, 1.807) is 6.07 Å². The molecule has 0 aliphatic carbocycles. The van der Waals surface area contributed by atoms with E-state index in [1.165, 1.54) is 16.6 Å². The monoisotopic (exact) mass is 224 g/mol. The lowest BCUT2D eigenvalue weighted by Gasteiger charge is -2.12. The molecule has 1 aromatic carbocycles. The van der Waals surface area contributed by atoms with Crippen LogP contribution in [0, 0.1) is 0 Å². The van der Waals surface area contributed by atoms with Gasteiger partial charge in [0.2, 0.25) is 0 Å². The molecule has 15 heavy (non-hydrogen) atoms. The first-order valence-corrected chi connectivity index (χ1v) is 4.88. The topological polar surface area (TPSA) is 48.0 Å². The van der Waals surface area contributed by atoms with Gasteiger partial charge in [0.25, 0.3) is 0 Å². The SMILES string of the molecule is Cl.Oc1ccc2[nH]c3c(c2c1)CCNC3. The minimum absolute atomic E-state index is 0. The first-order chi connectivity index (χ1) is 6.84. The molecule has 0 unspecified atom stereocenters. The Labute approximate surface area is 93.9 Å². The van der Waals surface area contributed by atoms with Gasteiger partial charge in [-0.25, -0.2) is 0 Å². The molecule has 0 atom stereocenters. The minimum atomic E-state index is 0. The van der Waals surface area contributed by atoms with E-state index in [0.717, 1.165) is 25.0 Å².